The summed E-state index contributed by atoms with van der Waals surface area (Å²) in [5.41, 5.74) is 4.98. The summed E-state index contributed by atoms with van der Waals surface area (Å²) in [5, 5.41) is 1.79. The number of allylic oxidation sites excluding steroid dienone is 1. The quantitative estimate of drug-likeness (QED) is 0.185. The van der Waals surface area contributed by atoms with E-state index in [9.17, 15) is 14.4 Å². The highest BCUT2D eigenvalue weighted by atomic mass is 16.5. The molecule has 0 N–H and O–H groups in total. The van der Waals surface area contributed by atoms with Crippen molar-refractivity contribution < 1.29 is 23.9 Å². The summed E-state index contributed by atoms with van der Waals surface area (Å²) in [6.45, 7) is 3.94. The van der Waals surface area contributed by atoms with Gasteiger partial charge in [0, 0.05) is 16.9 Å². The smallest absolute Gasteiger partial charge is 0.319 e. The van der Waals surface area contributed by atoms with E-state index in [-0.39, 0.29) is 11.8 Å². The third-order valence-corrected chi connectivity index (χ3v) is 8.73. The summed E-state index contributed by atoms with van der Waals surface area (Å²) < 4.78 is 11.3. The van der Waals surface area contributed by atoms with E-state index in [2.05, 4.69) is 0 Å². The fourth-order valence-electron chi connectivity index (χ4n) is 6.56. The van der Waals surface area contributed by atoms with Crippen LogP contribution in [-0.4, -0.2) is 24.9 Å². The van der Waals surface area contributed by atoms with Crippen LogP contribution in [0.1, 0.15) is 28.2 Å². The number of methoxy groups -OCH3 is 1. The largest absolute Gasteiger partial charge is 0.497 e. The number of hydrogen-bond donors (Lipinski definition) is 0. The summed E-state index contributed by atoms with van der Waals surface area (Å²) in [7, 11) is 1.60. The van der Waals surface area contributed by atoms with E-state index in [0.29, 0.717) is 17.2 Å². The van der Waals surface area contributed by atoms with Gasteiger partial charge in [0.1, 0.15) is 11.5 Å². The highest BCUT2D eigenvalue weighted by Crippen LogP contribution is 2.55. The second-order valence-electron chi connectivity index (χ2n) is 10.8. The molecule has 40 heavy (non-hydrogen) atoms. The number of carbonyl (C=O) groups excluding carboxylic acids is 3. The SMILES string of the molecule is COc1ccc([C@@H]2C=C3c4ccc5ccccc5c4OC(=O)[C@@H]3[C@@H]3C(=O)N(c4ccc(C)c(C)c4)C(=O)[C@H]32)cc1. The Hall–Kier alpha value is -4.71. The lowest BCUT2D eigenvalue weighted by atomic mass is 9.64. The molecule has 7 rings (SSSR count). The average Bonchev–Trinajstić information content (AvgIpc) is 3.24. The third-order valence-electron chi connectivity index (χ3n) is 8.73. The molecule has 4 aromatic rings. The number of imide groups is 1. The number of esters is 1. The molecule has 0 saturated carbocycles. The number of fused-ring (bicyclic) bond motifs is 7. The molecule has 4 atom stereocenters. The van der Waals surface area contributed by atoms with Crippen LogP contribution in [0.2, 0.25) is 0 Å². The second-order valence-corrected chi connectivity index (χ2v) is 10.8. The lowest BCUT2D eigenvalue weighted by Gasteiger charge is -2.38. The van der Waals surface area contributed by atoms with Crippen LogP contribution in [0.25, 0.3) is 16.3 Å². The number of hydrogen-bond acceptors (Lipinski definition) is 5. The van der Waals surface area contributed by atoms with Gasteiger partial charge in [0.25, 0.3) is 0 Å². The standard InChI is InChI=1S/C34H27NO5/c1-18-8-12-22(16-19(18)2)35-32(36)28-26(21-9-13-23(39-3)14-10-21)17-27-25-15-11-20-6-4-5-7-24(20)31(25)40-34(38)29(27)30(28)33(35)37/h4-17,26,28-30H,1-3H3/t26-,28-,29-,30+/m0/s1. The van der Waals surface area contributed by atoms with Gasteiger partial charge >= 0.3 is 5.97 Å². The van der Waals surface area contributed by atoms with E-state index in [1.54, 1.807) is 13.2 Å². The summed E-state index contributed by atoms with van der Waals surface area (Å²) in [5.74, 6) is -2.88. The van der Waals surface area contributed by atoms with Crippen LogP contribution in [0.5, 0.6) is 11.5 Å². The first-order chi connectivity index (χ1) is 19.4. The Bertz CT molecular complexity index is 1770. The van der Waals surface area contributed by atoms with E-state index < -0.39 is 29.6 Å². The summed E-state index contributed by atoms with van der Waals surface area (Å²) in [6, 6.07) is 24.9. The molecule has 2 aliphatic heterocycles. The monoisotopic (exact) mass is 529 g/mol. The van der Waals surface area contributed by atoms with Crippen molar-refractivity contribution in [2.75, 3.05) is 12.0 Å². The molecule has 0 aromatic heterocycles. The van der Waals surface area contributed by atoms with Gasteiger partial charge in [-0.15, -0.1) is 0 Å². The Morgan fingerprint density at radius 2 is 1.55 bits per heavy atom. The Labute approximate surface area is 231 Å². The van der Waals surface area contributed by atoms with E-state index in [0.717, 1.165) is 38.6 Å². The molecule has 0 radical (unpaired) electrons. The maximum Gasteiger partial charge on any atom is 0.319 e. The van der Waals surface area contributed by atoms with Gasteiger partial charge in [-0.25, -0.2) is 4.90 Å². The normalized spacial score (nSPS) is 23.3. The maximum atomic E-state index is 14.2. The van der Waals surface area contributed by atoms with Crippen molar-refractivity contribution in [3.63, 3.8) is 0 Å². The number of rotatable bonds is 3. The summed E-state index contributed by atoms with van der Waals surface area (Å²) in [4.78, 5) is 43.4. The van der Waals surface area contributed by atoms with Crippen LogP contribution in [0, 0.1) is 31.6 Å². The van der Waals surface area contributed by atoms with Gasteiger partial charge in [-0.05, 0) is 65.8 Å². The summed E-state index contributed by atoms with van der Waals surface area (Å²) >= 11 is 0. The zero-order valence-electron chi connectivity index (χ0n) is 22.4. The first-order valence-corrected chi connectivity index (χ1v) is 13.4. The van der Waals surface area contributed by atoms with Crippen LogP contribution >= 0.6 is 0 Å². The van der Waals surface area contributed by atoms with Crippen LogP contribution in [0.15, 0.2) is 84.9 Å². The molecule has 0 unspecified atom stereocenters. The highest BCUT2D eigenvalue weighted by molar-refractivity contribution is 6.24. The number of amides is 2. The fraction of sp³-hybridized carbons (Fsp3) is 0.206. The lowest BCUT2D eigenvalue weighted by molar-refractivity contribution is -0.142. The highest BCUT2D eigenvalue weighted by Gasteiger charge is 2.60. The molecule has 3 aliphatic rings. The summed E-state index contributed by atoms with van der Waals surface area (Å²) in [6.07, 6.45) is 2.01. The Morgan fingerprint density at radius 1 is 0.800 bits per heavy atom. The number of aryl methyl sites for hydroxylation is 2. The van der Waals surface area contributed by atoms with Gasteiger partial charge < -0.3 is 9.47 Å². The van der Waals surface area contributed by atoms with Gasteiger partial charge in [0.15, 0.2) is 0 Å². The minimum atomic E-state index is -0.881. The van der Waals surface area contributed by atoms with Crippen molar-refractivity contribution in [1.29, 1.82) is 0 Å². The number of nitrogens with zero attached hydrogens (tertiary/aromatic N) is 1. The Balaban J connectivity index is 1.43. The number of anilines is 1. The van der Waals surface area contributed by atoms with Crippen molar-refractivity contribution in [3.8, 4) is 11.5 Å². The maximum absolute atomic E-state index is 14.2. The Kier molecular flexibility index (Phi) is 5.42. The van der Waals surface area contributed by atoms with E-state index in [1.165, 1.54) is 4.90 Å². The molecular formula is C34H27NO5. The molecule has 6 heteroatoms. The molecular weight excluding hydrogens is 502 g/mol. The van der Waals surface area contributed by atoms with Gasteiger partial charge in [0.05, 0.1) is 30.6 Å². The molecule has 1 saturated heterocycles. The predicted octanol–water partition coefficient (Wildman–Crippen LogP) is 5.99. The first-order valence-electron chi connectivity index (χ1n) is 13.4. The van der Waals surface area contributed by atoms with Crippen molar-refractivity contribution in [1.82, 2.24) is 0 Å². The molecule has 2 heterocycles. The third kappa shape index (κ3) is 3.45. The van der Waals surface area contributed by atoms with Crippen molar-refractivity contribution in [2.24, 2.45) is 17.8 Å². The van der Waals surface area contributed by atoms with E-state index in [4.69, 9.17) is 9.47 Å². The first kappa shape index (κ1) is 24.3. The zero-order valence-corrected chi connectivity index (χ0v) is 22.4. The minimum Gasteiger partial charge on any atom is -0.497 e. The van der Waals surface area contributed by atoms with E-state index in [1.807, 2.05) is 92.7 Å². The van der Waals surface area contributed by atoms with Crippen molar-refractivity contribution in [3.05, 3.63) is 107 Å². The molecule has 198 valence electrons. The fourth-order valence-corrected chi connectivity index (χ4v) is 6.56. The average molecular weight is 530 g/mol. The lowest BCUT2D eigenvalue weighted by Crippen LogP contribution is -2.42. The molecule has 1 fully saturated rings. The van der Waals surface area contributed by atoms with Crippen molar-refractivity contribution in [2.45, 2.75) is 19.8 Å². The molecule has 6 nitrogen and oxygen atoms in total. The van der Waals surface area contributed by atoms with Gasteiger partial charge in [0.2, 0.25) is 11.8 Å². The molecule has 2 amide bonds. The molecule has 0 bridgehead atoms. The molecule has 1 aliphatic carbocycles. The van der Waals surface area contributed by atoms with Crippen molar-refractivity contribution >= 4 is 39.8 Å². The van der Waals surface area contributed by atoms with Crippen LogP contribution in [0.3, 0.4) is 0 Å². The Morgan fingerprint density at radius 3 is 2.30 bits per heavy atom. The molecule has 4 aromatic carbocycles. The zero-order chi connectivity index (χ0) is 27.7. The minimum absolute atomic E-state index is 0.300. The van der Waals surface area contributed by atoms with Gasteiger partial charge in [-0.2, -0.15) is 0 Å². The molecule has 0 spiro atoms. The predicted molar refractivity (Wildman–Crippen MR) is 152 cm³/mol. The number of benzene rings is 4. The van der Waals surface area contributed by atoms with Crippen LogP contribution in [0.4, 0.5) is 5.69 Å². The van der Waals surface area contributed by atoms with Crippen LogP contribution < -0.4 is 14.4 Å². The number of ether oxygens (including phenoxy) is 2. The van der Waals surface area contributed by atoms with Gasteiger partial charge in [-0.3, -0.25) is 14.4 Å². The topological polar surface area (TPSA) is 72.9 Å². The number of carbonyl (C=O) groups is 3. The van der Waals surface area contributed by atoms with Crippen LogP contribution in [-0.2, 0) is 14.4 Å². The van der Waals surface area contributed by atoms with Gasteiger partial charge in [-0.1, -0.05) is 60.7 Å². The second kappa shape index (κ2) is 8.91. The van der Waals surface area contributed by atoms with E-state index >= 15 is 0 Å².